The van der Waals surface area contributed by atoms with Crippen LogP contribution < -0.4 is 5.84 Å². The average molecular weight is 667 g/mol. The Labute approximate surface area is 290 Å². The van der Waals surface area contributed by atoms with Gasteiger partial charge in [-0.05, 0) is 88.5 Å². The molecule has 2 aromatic rings. The van der Waals surface area contributed by atoms with Crippen LogP contribution in [0, 0.1) is 13.8 Å². The van der Waals surface area contributed by atoms with Gasteiger partial charge in [0.25, 0.3) is 11.6 Å². The van der Waals surface area contributed by atoms with E-state index < -0.39 is 23.4 Å². The summed E-state index contributed by atoms with van der Waals surface area (Å²) in [5, 5.41) is 6.23. The second kappa shape index (κ2) is 23.4. The third-order valence-electron chi connectivity index (χ3n) is 7.41. The van der Waals surface area contributed by atoms with Crippen LogP contribution in [0.1, 0.15) is 143 Å². The van der Waals surface area contributed by atoms with Gasteiger partial charge >= 0.3 is 11.8 Å². The summed E-state index contributed by atoms with van der Waals surface area (Å²) in [5.74, 6) is 3.40. The van der Waals surface area contributed by atoms with Crippen molar-refractivity contribution in [3.05, 3.63) is 68.8 Å². The van der Waals surface area contributed by atoms with E-state index in [-0.39, 0.29) is 13.2 Å². The summed E-state index contributed by atoms with van der Waals surface area (Å²) < 4.78 is 0. The molecule has 0 bridgehead atoms. The van der Waals surface area contributed by atoms with Gasteiger partial charge < -0.3 is 4.79 Å². The Morgan fingerprint density at radius 3 is 1.21 bits per heavy atom. The number of carbonyl (C=O) groups excluding carboxylic acids is 5. The first-order valence-corrected chi connectivity index (χ1v) is 16.7. The number of likely N-dealkylation sites (N-methyl/N-ethyl adjacent to an activating group) is 2. The normalized spacial score (nSPS) is 10.4. The van der Waals surface area contributed by atoms with Crippen molar-refractivity contribution in [2.45, 2.75) is 128 Å². The molecule has 0 aliphatic heterocycles. The molecule has 9 nitrogen and oxygen atoms in total. The Morgan fingerprint density at radius 1 is 0.625 bits per heavy atom. The van der Waals surface area contributed by atoms with E-state index in [0.29, 0.717) is 11.1 Å². The van der Waals surface area contributed by atoms with Crippen LogP contribution in [0.15, 0.2) is 29.4 Å². The molecule has 268 valence electrons. The monoisotopic (exact) mass is 666 g/mol. The molecule has 0 spiro atoms. The van der Waals surface area contributed by atoms with Gasteiger partial charge in [-0.3, -0.25) is 24.2 Å². The number of carbonyl (C=O) groups is 5. The molecule has 0 heterocycles. The Hall–Kier alpha value is -3.98. The van der Waals surface area contributed by atoms with Gasteiger partial charge in [-0.1, -0.05) is 90.8 Å². The highest BCUT2D eigenvalue weighted by atomic mass is 16.2. The molecule has 48 heavy (non-hydrogen) atoms. The largest absolute Gasteiger partial charge is 0.314 e. The number of hydrogen-bond acceptors (Lipinski definition) is 7. The molecule has 0 unspecified atom stereocenters. The maximum Gasteiger partial charge on any atom is 0.314 e. The van der Waals surface area contributed by atoms with Crippen LogP contribution in [0.4, 0.5) is 0 Å². The van der Waals surface area contributed by atoms with Crippen LogP contribution in [-0.4, -0.2) is 59.0 Å². The average Bonchev–Trinajstić information content (AvgIpc) is 3.02. The first kappa shape index (κ1) is 46.1. The zero-order chi connectivity index (χ0) is 36.4. The minimum absolute atomic E-state index is 0. The number of ketones is 3. The predicted molar refractivity (Wildman–Crippen MR) is 199 cm³/mol. The molecule has 0 aliphatic rings. The molecule has 0 atom stereocenters. The zero-order valence-corrected chi connectivity index (χ0v) is 30.9. The summed E-state index contributed by atoms with van der Waals surface area (Å²) in [6.45, 7) is 19.5. The quantitative estimate of drug-likeness (QED) is 0.0586. The standard InChI is InChI=1S/C19H28N2O2.C14H20N2O2.C5H10O.CH4/c1-7-10-14(5)20-21(6)19(23)18(22)17-15(8-2)11-13(4)12-16(17)9-3;1-5-10-7-9(3)8-11(6-2)12(10)13(17)14(18)16(4)15;1-3-4-5(2)6;/h11-12H,7-10H2,1-6H3;7-8H,5-6,15H2,1-4H3;3-4H2,1-2H3;1H4. The van der Waals surface area contributed by atoms with Crippen molar-refractivity contribution in [1.29, 1.82) is 0 Å². The molecule has 0 aliphatic carbocycles. The highest BCUT2D eigenvalue weighted by Gasteiger charge is 2.26. The molecule has 2 N–H and O–H groups in total. The lowest BCUT2D eigenvalue weighted by Gasteiger charge is -2.16. The number of benzene rings is 2. The number of aryl methyl sites for hydroxylation is 6. The molecule has 0 radical (unpaired) electrons. The maximum absolute atomic E-state index is 12.7. The number of hydrogen-bond donors (Lipinski definition) is 1. The topological polar surface area (TPSA) is 130 Å². The van der Waals surface area contributed by atoms with Crippen LogP contribution in [0.3, 0.4) is 0 Å². The van der Waals surface area contributed by atoms with Gasteiger partial charge in [0.15, 0.2) is 0 Å². The molecule has 0 saturated heterocycles. The second-order valence-electron chi connectivity index (χ2n) is 11.8. The van der Waals surface area contributed by atoms with Gasteiger partial charge in [0.05, 0.1) is 0 Å². The number of Topliss-reactive ketones (excluding diaryl/α,β-unsaturated/α-hetero) is 3. The number of nitrogens with two attached hydrogens (primary N) is 1. The van der Waals surface area contributed by atoms with Gasteiger partial charge in [0, 0.05) is 37.4 Å². The van der Waals surface area contributed by atoms with E-state index in [2.05, 4.69) is 12.0 Å². The SMILES string of the molecule is C.CCCC(C)=NN(C)C(=O)C(=O)c1c(CC)cc(C)cc1CC.CCCC(C)=O.CCc1cc(C)cc(CC)c1C(=O)C(=O)N(C)N. The van der Waals surface area contributed by atoms with Crippen LogP contribution in [0.5, 0.6) is 0 Å². The third kappa shape index (κ3) is 14.4. The first-order valence-electron chi connectivity index (χ1n) is 16.7. The van der Waals surface area contributed by atoms with Crippen LogP contribution in [0.25, 0.3) is 0 Å². The van der Waals surface area contributed by atoms with Crippen molar-refractivity contribution >= 4 is 34.9 Å². The van der Waals surface area contributed by atoms with E-state index >= 15 is 0 Å². The van der Waals surface area contributed by atoms with Gasteiger partial charge in [-0.2, -0.15) is 5.10 Å². The van der Waals surface area contributed by atoms with Crippen molar-refractivity contribution in [2.75, 3.05) is 14.1 Å². The number of rotatable bonds is 13. The molecule has 9 heteroatoms. The van der Waals surface area contributed by atoms with E-state index in [0.717, 1.165) is 95.5 Å². The predicted octanol–water partition coefficient (Wildman–Crippen LogP) is 7.58. The van der Waals surface area contributed by atoms with Gasteiger partial charge in [0.2, 0.25) is 0 Å². The van der Waals surface area contributed by atoms with E-state index in [1.165, 1.54) is 12.1 Å². The molecule has 2 aromatic carbocycles. The lowest BCUT2D eigenvalue weighted by molar-refractivity contribution is -0.125. The zero-order valence-electron chi connectivity index (χ0n) is 30.9. The van der Waals surface area contributed by atoms with Gasteiger partial charge in [-0.25, -0.2) is 10.9 Å². The van der Waals surface area contributed by atoms with Crippen molar-refractivity contribution in [3.8, 4) is 0 Å². The smallest absolute Gasteiger partial charge is 0.300 e. The second-order valence-corrected chi connectivity index (χ2v) is 11.8. The Bertz CT molecular complexity index is 1380. The molecule has 0 aromatic heterocycles. The van der Waals surface area contributed by atoms with E-state index in [1.54, 1.807) is 14.0 Å². The minimum atomic E-state index is -0.678. The summed E-state index contributed by atoms with van der Waals surface area (Å²) in [5.41, 5.74) is 7.84. The van der Waals surface area contributed by atoms with Crippen LogP contribution in [0.2, 0.25) is 0 Å². The molecule has 2 amide bonds. The van der Waals surface area contributed by atoms with Crippen molar-refractivity contribution < 1.29 is 24.0 Å². The maximum atomic E-state index is 12.7. The lowest BCUT2D eigenvalue weighted by atomic mass is 9.92. The summed E-state index contributed by atoms with van der Waals surface area (Å²) >= 11 is 0. The molecule has 2 rings (SSSR count). The lowest BCUT2D eigenvalue weighted by Crippen LogP contribution is -2.39. The number of hydrazine groups is 1. The van der Waals surface area contributed by atoms with Crippen molar-refractivity contribution in [1.82, 2.24) is 10.0 Å². The summed E-state index contributed by atoms with van der Waals surface area (Å²) in [4.78, 5) is 59.2. The van der Waals surface area contributed by atoms with E-state index in [9.17, 15) is 24.0 Å². The fourth-order valence-electron chi connectivity index (χ4n) is 5.17. The summed E-state index contributed by atoms with van der Waals surface area (Å²) in [7, 11) is 2.93. The molecular formula is C39H62N4O5. The summed E-state index contributed by atoms with van der Waals surface area (Å²) in [6, 6.07) is 7.89. The van der Waals surface area contributed by atoms with Crippen molar-refractivity contribution in [2.24, 2.45) is 10.9 Å². The number of amides is 2. The Kier molecular flexibility index (Phi) is 22.5. The highest BCUT2D eigenvalue weighted by Crippen LogP contribution is 2.22. The fraction of sp³-hybridized carbons (Fsp3) is 0.538. The first-order chi connectivity index (χ1) is 22.0. The van der Waals surface area contributed by atoms with Crippen LogP contribution >= 0.6 is 0 Å². The molecular weight excluding hydrogens is 604 g/mol. The number of hydrazone groups is 1. The van der Waals surface area contributed by atoms with Crippen molar-refractivity contribution in [3.63, 3.8) is 0 Å². The van der Waals surface area contributed by atoms with E-state index in [4.69, 9.17) is 5.84 Å². The Morgan fingerprint density at radius 2 is 0.958 bits per heavy atom. The molecule has 0 saturated carbocycles. The van der Waals surface area contributed by atoms with Gasteiger partial charge in [0.1, 0.15) is 5.78 Å². The highest BCUT2D eigenvalue weighted by molar-refractivity contribution is 6.43. The fourth-order valence-corrected chi connectivity index (χ4v) is 5.17. The summed E-state index contributed by atoms with van der Waals surface area (Å²) in [6.07, 6.45) is 6.39. The Balaban J connectivity index is 0. The van der Waals surface area contributed by atoms with E-state index in [1.807, 2.05) is 79.7 Å². The minimum Gasteiger partial charge on any atom is -0.300 e. The third-order valence-corrected chi connectivity index (χ3v) is 7.41. The molecule has 0 fully saturated rings. The van der Waals surface area contributed by atoms with Crippen LogP contribution in [-0.2, 0) is 40.1 Å². The van der Waals surface area contributed by atoms with Gasteiger partial charge in [-0.15, -0.1) is 0 Å². The number of nitrogens with zero attached hydrogens (tertiary/aromatic N) is 3.